The molecule has 2 amide bonds. The molecule has 0 aliphatic heterocycles. The van der Waals surface area contributed by atoms with Crippen molar-refractivity contribution >= 4 is 11.8 Å². The largest absolute Gasteiger partial charge is 0.459 e. The molecule has 2 N–H and O–H groups in total. The van der Waals surface area contributed by atoms with Gasteiger partial charge in [0.25, 0.3) is 5.91 Å². The number of amides is 2. The third kappa shape index (κ3) is 6.51. The summed E-state index contributed by atoms with van der Waals surface area (Å²) in [5.74, 6) is 1.72. The summed E-state index contributed by atoms with van der Waals surface area (Å²) in [6.45, 7) is 8.65. The molecule has 0 aromatic carbocycles. The van der Waals surface area contributed by atoms with Crippen LogP contribution in [0, 0.1) is 23.7 Å². The van der Waals surface area contributed by atoms with Crippen LogP contribution in [0.2, 0.25) is 0 Å². The zero-order valence-electron chi connectivity index (χ0n) is 17.8. The molecular formula is C22H35N3O3. The van der Waals surface area contributed by atoms with Crippen LogP contribution in [0.25, 0.3) is 0 Å². The molecule has 0 spiro atoms. The Hall–Kier alpha value is -2.08. The van der Waals surface area contributed by atoms with Gasteiger partial charge < -0.3 is 20.0 Å². The summed E-state index contributed by atoms with van der Waals surface area (Å²) in [6, 6.07) is 3.38. The maximum absolute atomic E-state index is 12.3. The molecule has 6 nitrogen and oxygen atoms in total. The van der Waals surface area contributed by atoms with Crippen LogP contribution >= 0.6 is 0 Å². The van der Waals surface area contributed by atoms with Gasteiger partial charge in [-0.15, -0.1) is 0 Å². The van der Waals surface area contributed by atoms with Gasteiger partial charge in [0.1, 0.15) is 0 Å². The highest BCUT2D eigenvalue weighted by Gasteiger charge is 2.32. The summed E-state index contributed by atoms with van der Waals surface area (Å²) < 4.78 is 5.16. The van der Waals surface area contributed by atoms with E-state index in [1.165, 1.54) is 11.8 Å². The lowest BCUT2D eigenvalue weighted by Gasteiger charge is -2.37. The summed E-state index contributed by atoms with van der Waals surface area (Å²) in [6.07, 6.45) is 5.27. The Bertz CT molecular complexity index is 665. The maximum Gasteiger partial charge on any atom is 0.286 e. The second-order valence-electron chi connectivity index (χ2n) is 8.46. The van der Waals surface area contributed by atoms with Crippen molar-refractivity contribution in [2.45, 2.75) is 33.6 Å². The molecule has 1 aromatic heterocycles. The molecule has 0 fully saturated rings. The van der Waals surface area contributed by atoms with Gasteiger partial charge in [-0.2, -0.15) is 0 Å². The van der Waals surface area contributed by atoms with Gasteiger partial charge in [-0.05, 0) is 63.2 Å². The molecule has 3 atom stereocenters. The number of nitrogens with one attached hydrogen (secondary N) is 2. The van der Waals surface area contributed by atoms with Crippen molar-refractivity contribution in [2.75, 3.05) is 33.7 Å². The van der Waals surface area contributed by atoms with Crippen LogP contribution in [0.1, 0.15) is 44.2 Å². The lowest BCUT2D eigenvalue weighted by atomic mass is 9.69. The van der Waals surface area contributed by atoms with Crippen molar-refractivity contribution < 1.29 is 14.0 Å². The van der Waals surface area contributed by atoms with Gasteiger partial charge in [-0.3, -0.25) is 9.59 Å². The number of nitrogens with zero attached hydrogens (tertiary/aromatic N) is 1. The van der Waals surface area contributed by atoms with E-state index in [1.54, 1.807) is 12.1 Å². The average molecular weight is 390 g/mol. The number of furan rings is 1. The first-order valence-electron chi connectivity index (χ1n) is 10.2. The van der Waals surface area contributed by atoms with Crippen molar-refractivity contribution in [3.63, 3.8) is 0 Å². The number of rotatable bonds is 9. The minimum Gasteiger partial charge on any atom is -0.459 e. The molecule has 0 saturated heterocycles. The van der Waals surface area contributed by atoms with Crippen molar-refractivity contribution in [2.24, 2.45) is 23.7 Å². The zero-order valence-corrected chi connectivity index (χ0v) is 17.8. The Morgan fingerprint density at radius 2 is 2.04 bits per heavy atom. The molecule has 156 valence electrons. The number of hydrogen-bond acceptors (Lipinski definition) is 4. The summed E-state index contributed by atoms with van der Waals surface area (Å²) in [5, 5.41) is 6.01. The second kappa shape index (κ2) is 10.5. The molecule has 1 heterocycles. The number of carbonyl (C=O) groups excluding carboxylic acids is 2. The summed E-state index contributed by atoms with van der Waals surface area (Å²) in [4.78, 5) is 26.6. The normalized spacial score (nSPS) is 22.2. The Labute approximate surface area is 168 Å². The van der Waals surface area contributed by atoms with E-state index >= 15 is 0 Å². The van der Waals surface area contributed by atoms with Gasteiger partial charge in [0, 0.05) is 26.1 Å². The highest BCUT2D eigenvalue weighted by Crippen LogP contribution is 2.38. The number of likely N-dealkylation sites (N-methyl/N-ethyl adjacent to an activating group) is 1. The first kappa shape index (κ1) is 22.2. The van der Waals surface area contributed by atoms with Gasteiger partial charge in [0.05, 0.1) is 6.26 Å². The molecule has 3 unspecified atom stereocenters. The van der Waals surface area contributed by atoms with Crippen LogP contribution in [0.15, 0.2) is 34.5 Å². The van der Waals surface area contributed by atoms with Gasteiger partial charge in [0.15, 0.2) is 5.76 Å². The lowest BCUT2D eigenvalue weighted by Crippen LogP contribution is -2.38. The summed E-state index contributed by atoms with van der Waals surface area (Å²) >= 11 is 0. The third-order valence-electron chi connectivity index (χ3n) is 5.64. The highest BCUT2D eigenvalue weighted by molar-refractivity contribution is 5.91. The summed E-state index contributed by atoms with van der Waals surface area (Å²) in [5.41, 5.74) is 1.25. The Morgan fingerprint density at radius 3 is 2.64 bits per heavy atom. The minimum atomic E-state index is -0.180. The quantitative estimate of drug-likeness (QED) is 0.637. The molecule has 1 aliphatic carbocycles. The predicted octanol–water partition coefficient (Wildman–Crippen LogP) is 2.93. The predicted molar refractivity (Wildman–Crippen MR) is 111 cm³/mol. The van der Waals surface area contributed by atoms with E-state index in [0.29, 0.717) is 37.1 Å². The van der Waals surface area contributed by atoms with E-state index in [4.69, 9.17) is 4.42 Å². The second-order valence-corrected chi connectivity index (χ2v) is 8.46. The van der Waals surface area contributed by atoms with Crippen LogP contribution in [0.5, 0.6) is 0 Å². The minimum absolute atomic E-state index is 0.117. The fourth-order valence-electron chi connectivity index (χ4n) is 3.93. The van der Waals surface area contributed by atoms with Crippen molar-refractivity contribution in [1.82, 2.24) is 15.5 Å². The van der Waals surface area contributed by atoms with Crippen LogP contribution in [-0.2, 0) is 4.79 Å². The van der Waals surface area contributed by atoms with E-state index in [-0.39, 0.29) is 23.7 Å². The highest BCUT2D eigenvalue weighted by atomic mass is 16.3. The topological polar surface area (TPSA) is 74.6 Å². The molecule has 6 heteroatoms. The molecule has 0 radical (unpaired) electrons. The molecule has 1 aliphatic rings. The van der Waals surface area contributed by atoms with E-state index in [2.05, 4.69) is 42.4 Å². The molecule has 2 rings (SSSR count). The van der Waals surface area contributed by atoms with Crippen molar-refractivity contribution in [3.05, 3.63) is 35.8 Å². The van der Waals surface area contributed by atoms with Crippen LogP contribution in [0.4, 0.5) is 0 Å². The first-order valence-corrected chi connectivity index (χ1v) is 10.2. The fourth-order valence-corrected chi connectivity index (χ4v) is 3.93. The van der Waals surface area contributed by atoms with Gasteiger partial charge in [0.2, 0.25) is 5.91 Å². The smallest absolute Gasteiger partial charge is 0.286 e. The lowest BCUT2D eigenvalue weighted by molar-refractivity contribution is -0.122. The number of hydrogen-bond donors (Lipinski definition) is 2. The van der Waals surface area contributed by atoms with Gasteiger partial charge in [-0.25, -0.2) is 0 Å². The van der Waals surface area contributed by atoms with Gasteiger partial charge in [-0.1, -0.05) is 25.5 Å². The Kier molecular flexibility index (Phi) is 8.30. The molecule has 1 aromatic rings. The van der Waals surface area contributed by atoms with E-state index < -0.39 is 0 Å². The van der Waals surface area contributed by atoms with Crippen LogP contribution < -0.4 is 10.6 Å². The van der Waals surface area contributed by atoms with E-state index in [0.717, 1.165) is 13.0 Å². The Balaban J connectivity index is 1.94. The Morgan fingerprint density at radius 1 is 1.29 bits per heavy atom. The standard InChI is InChI=1S/C22H35N3O3/c1-15(2)19-12-17(13-21(26)23-8-9-25(4)5)16(3)11-18(19)14-24-22(27)20-7-6-10-28-20/h6-7,10-11,15,17-19H,8-9,12-14H2,1-5H3,(H,23,26)(H,24,27). The van der Waals surface area contributed by atoms with Crippen LogP contribution in [-0.4, -0.2) is 50.4 Å². The molecular weight excluding hydrogens is 354 g/mol. The monoisotopic (exact) mass is 389 g/mol. The maximum atomic E-state index is 12.3. The molecule has 0 bridgehead atoms. The number of allylic oxidation sites excluding steroid dienone is 1. The first-order chi connectivity index (χ1) is 13.3. The van der Waals surface area contributed by atoms with Crippen molar-refractivity contribution in [1.29, 1.82) is 0 Å². The fraction of sp³-hybridized carbons (Fsp3) is 0.636. The van der Waals surface area contributed by atoms with Gasteiger partial charge >= 0.3 is 0 Å². The third-order valence-corrected chi connectivity index (χ3v) is 5.64. The average Bonchev–Trinajstić information content (AvgIpc) is 3.15. The van der Waals surface area contributed by atoms with E-state index in [9.17, 15) is 9.59 Å². The zero-order chi connectivity index (χ0) is 20.7. The summed E-state index contributed by atoms with van der Waals surface area (Å²) in [7, 11) is 4.00. The van der Waals surface area contributed by atoms with Crippen LogP contribution in [0.3, 0.4) is 0 Å². The SMILES string of the molecule is CC1=CC(CNC(=O)c2ccco2)C(C(C)C)CC1CC(=O)NCCN(C)C. The van der Waals surface area contributed by atoms with Crippen molar-refractivity contribution in [3.8, 4) is 0 Å². The number of carbonyl (C=O) groups is 2. The molecule has 0 saturated carbocycles. The molecule has 28 heavy (non-hydrogen) atoms. The van der Waals surface area contributed by atoms with E-state index in [1.807, 2.05) is 14.1 Å².